The van der Waals surface area contributed by atoms with Crippen LogP contribution in [0.3, 0.4) is 0 Å². The molecule has 26 heavy (non-hydrogen) atoms. The molecule has 1 amide bonds. The van der Waals surface area contributed by atoms with E-state index in [1.165, 1.54) is 18.4 Å². The van der Waals surface area contributed by atoms with Gasteiger partial charge in [0, 0.05) is 5.38 Å². The van der Waals surface area contributed by atoms with Crippen LogP contribution in [0.25, 0.3) is 10.8 Å². The van der Waals surface area contributed by atoms with Gasteiger partial charge in [0.05, 0.1) is 19.6 Å². The molecule has 2 heterocycles. The van der Waals surface area contributed by atoms with E-state index in [4.69, 9.17) is 9.15 Å². The van der Waals surface area contributed by atoms with Crippen molar-refractivity contribution in [1.82, 2.24) is 10.3 Å². The molecule has 1 aromatic carbocycles. The number of esters is 1. The number of aromatic nitrogens is 1. The Morgan fingerprint density at radius 1 is 1.23 bits per heavy atom. The van der Waals surface area contributed by atoms with Gasteiger partial charge in [0.1, 0.15) is 11.5 Å². The molecule has 0 aliphatic carbocycles. The van der Waals surface area contributed by atoms with Crippen molar-refractivity contribution in [3.8, 4) is 10.8 Å². The van der Waals surface area contributed by atoms with Crippen LogP contribution in [0.15, 0.2) is 52.3 Å². The van der Waals surface area contributed by atoms with Gasteiger partial charge in [-0.3, -0.25) is 9.59 Å². The second-order valence-electron chi connectivity index (χ2n) is 5.67. The highest BCUT2D eigenvalue weighted by molar-refractivity contribution is 7.13. The quantitative estimate of drug-likeness (QED) is 0.669. The van der Waals surface area contributed by atoms with Gasteiger partial charge in [0.15, 0.2) is 10.8 Å². The molecule has 0 fully saturated rings. The lowest BCUT2D eigenvalue weighted by Crippen LogP contribution is -2.30. The number of benzene rings is 1. The molecule has 3 rings (SSSR count). The molecule has 0 spiro atoms. The Hall–Kier alpha value is -2.93. The summed E-state index contributed by atoms with van der Waals surface area (Å²) in [5.74, 6) is 0.654. The number of ether oxygens (including phenoxy) is 1. The fourth-order valence-electron chi connectivity index (χ4n) is 2.46. The van der Waals surface area contributed by atoms with Gasteiger partial charge in [-0.15, -0.1) is 11.3 Å². The van der Waals surface area contributed by atoms with E-state index in [2.05, 4.69) is 10.3 Å². The Bertz CT molecular complexity index is 901. The first kappa shape index (κ1) is 17.9. The molecule has 0 saturated carbocycles. The number of amides is 1. The Balaban J connectivity index is 1.77. The first-order valence-corrected chi connectivity index (χ1v) is 8.89. The molecule has 0 aliphatic rings. The summed E-state index contributed by atoms with van der Waals surface area (Å²) in [5.41, 5.74) is 1.10. The lowest BCUT2D eigenvalue weighted by atomic mass is 10.0. The van der Waals surface area contributed by atoms with Crippen molar-refractivity contribution in [3.63, 3.8) is 0 Å². The van der Waals surface area contributed by atoms with Crippen LogP contribution in [0.4, 0.5) is 0 Å². The summed E-state index contributed by atoms with van der Waals surface area (Å²) in [7, 11) is 1.32. The molecule has 3 aromatic rings. The van der Waals surface area contributed by atoms with E-state index < -0.39 is 12.0 Å². The predicted octanol–water partition coefficient (Wildman–Crippen LogP) is 3.75. The van der Waals surface area contributed by atoms with Crippen LogP contribution in [0.5, 0.6) is 0 Å². The maximum absolute atomic E-state index is 12.6. The summed E-state index contributed by atoms with van der Waals surface area (Å²) < 4.78 is 10.3. The largest absolute Gasteiger partial charge is 0.469 e. The van der Waals surface area contributed by atoms with Crippen molar-refractivity contribution in [2.24, 2.45) is 0 Å². The third-order valence-electron chi connectivity index (χ3n) is 3.79. The molecule has 0 radical (unpaired) electrons. The second kappa shape index (κ2) is 7.97. The third-order valence-corrected chi connectivity index (χ3v) is 4.65. The van der Waals surface area contributed by atoms with E-state index in [0.717, 1.165) is 11.3 Å². The molecule has 1 N–H and O–H groups in total. The van der Waals surface area contributed by atoms with Gasteiger partial charge in [-0.05, 0) is 24.6 Å². The Labute approximate surface area is 154 Å². The molecule has 1 unspecified atom stereocenters. The molecular formula is C19H18N2O4S. The standard InChI is InChI=1S/C19H18N2O4S/c1-12-8-9-16(25-12)19-21-15(11-26-19)18(23)20-14(10-17(22)24-2)13-6-4-3-5-7-13/h3-9,11,14H,10H2,1-2H3,(H,20,23). The Morgan fingerprint density at radius 3 is 2.65 bits per heavy atom. The first-order valence-electron chi connectivity index (χ1n) is 8.02. The average Bonchev–Trinajstić information content (AvgIpc) is 3.30. The number of nitrogens with zero attached hydrogens (tertiary/aromatic N) is 1. The number of aryl methyl sites for hydroxylation is 1. The number of rotatable bonds is 6. The summed E-state index contributed by atoms with van der Waals surface area (Å²) >= 11 is 1.33. The van der Waals surface area contributed by atoms with Crippen molar-refractivity contribution >= 4 is 23.2 Å². The molecule has 0 aliphatic heterocycles. The minimum Gasteiger partial charge on any atom is -0.469 e. The predicted molar refractivity (Wildman–Crippen MR) is 97.8 cm³/mol. The van der Waals surface area contributed by atoms with Crippen LogP contribution < -0.4 is 5.32 Å². The van der Waals surface area contributed by atoms with Crippen LogP contribution in [0, 0.1) is 6.92 Å². The van der Waals surface area contributed by atoms with Gasteiger partial charge in [0.2, 0.25) is 0 Å². The van der Waals surface area contributed by atoms with Crippen LogP contribution in [-0.2, 0) is 9.53 Å². The highest BCUT2D eigenvalue weighted by atomic mass is 32.1. The summed E-state index contributed by atoms with van der Waals surface area (Å²) in [4.78, 5) is 28.6. The molecule has 1 atom stereocenters. The maximum Gasteiger partial charge on any atom is 0.307 e. The van der Waals surface area contributed by atoms with Gasteiger partial charge in [-0.2, -0.15) is 0 Å². The van der Waals surface area contributed by atoms with Gasteiger partial charge < -0.3 is 14.5 Å². The number of hydrogen-bond donors (Lipinski definition) is 1. The van der Waals surface area contributed by atoms with Gasteiger partial charge in [0.25, 0.3) is 5.91 Å². The molecule has 2 aromatic heterocycles. The smallest absolute Gasteiger partial charge is 0.307 e. The number of nitrogens with one attached hydrogen (secondary N) is 1. The maximum atomic E-state index is 12.6. The van der Waals surface area contributed by atoms with Crippen molar-refractivity contribution in [2.75, 3.05) is 7.11 Å². The van der Waals surface area contributed by atoms with Crippen molar-refractivity contribution in [3.05, 3.63) is 64.9 Å². The van der Waals surface area contributed by atoms with Gasteiger partial charge in [-0.1, -0.05) is 30.3 Å². The average molecular weight is 370 g/mol. The molecule has 7 heteroatoms. The van der Waals surface area contributed by atoms with Crippen molar-refractivity contribution in [2.45, 2.75) is 19.4 Å². The SMILES string of the molecule is COC(=O)CC(NC(=O)c1csc(-c2ccc(C)o2)n1)c1ccccc1. The van der Waals surface area contributed by atoms with Crippen molar-refractivity contribution in [1.29, 1.82) is 0 Å². The van der Waals surface area contributed by atoms with Crippen molar-refractivity contribution < 1.29 is 18.7 Å². The highest BCUT2D eigenvalue weighted by Crippen LogP contribution is 2.26. The highest BCUT2D eigenvalue weighted by Gasteiger charge is 2.21. The number of thiazole rings is 1. The van der Waals surface area contributed by atoms with E-state index in [1.54, 1.807) is 5.38 Å². The zero-order valence-electron chi connectivity index (χ0n) is 14.4. The number of carbonyl (C=O) groups excluding carboxylic acids is 2. The molecule has 0 bridgehead atoms. The zero-order valence-corrected chi connectivity index (χ0v) is 15.2. The Kier molecular flexibility index (Phi) is 5.48. The summed E-state index contributed by atoms with van der Waals surface area (Å²) in [6.07, 6.45) is 0.0423. The summed E-state index contributed by atoms with van der Waals surface area (Å²) in [5, 5.41) is 5.16. The molecule has 6 nitrogen and oxygen atoms in total. The molecular weight excluding hydrogens is 352 g/mol. The minimum atomic E-state index is -0.493. The minimum absolute atomic E-state index is 0.0423. The number of methoxy groups -OCH3 is 1. The molecule has 134 valence electrons. The normalized spacial score (nSPS) is 11.8. The van der Waals surface area contributed by atoms with Crippen LogP contribution >= 0.6 is 11.3 Å². The summed E-state index contributed by atoms with van der Waals surface area (Å²) in [6, 6.07) is 12.5. The first-order chi connectivity index (χ1) is 12.6. The third kappa shape index (κ3) is 4.18. The van der Waals surface area contributed by atoms with Crippen LogP contribution in [0.1, 0.15) is 34.3 Å². The number of furan rings is 1. The monoisotopic (exact) mass is 370 g/mol. The van der Waals surface area contributed by atoms with E-state index in [1.807, 2.05) is 49.4 Å². The number of hydrogen-bond acceptors (Lipinski definition) is 6. The fourth-order valence-corrected chi connectivity index (χ4v) is 3.22. The topological polar surface area (TPSA) is 81.4 Å². The molecule has 0 saturated heterocycles. The lowest BCUT2D eigenvalue weighted by molar-refractivity contribution is -0.141. The van der Waals surface area contributed by atoms with E-state index in [0.29, 0.717) is 10.8 Å². The van der Waals surface area contributed by atoms with Gasteiger partial charge in [-0.25, -0.2) is 4.98 Å². The number of carbonyl (C=O) groups is 2. The van der Waals surface area contributed by atoms with Crippen LogP contribution in [0.2, 0.25) is 0 Å². The lowest BCUT2D eigenvalue weighted by Gasteiger charge is -2.17. The van der Waals surface area contributed by atoms with E-state index in [9.17, 15) is 9.59 Å². The Morgan fingerprint density at radius 2 is 2.00 bits per heavy atom. The van der Waals surface area contributed by atoms with Crippen LogP contribution in [-0.4, -0.2) is 24.0 Å². The van der Waals surface area contributed by atoms with Gasteiger partial charge >= 0.3 is 5.97 Å². The van der Waals surface area contributed by atoms with E-state index >= 15 is 0 Å². The van der Waals surface area contributed by atoms with E-state index in [-0.39, 0.29) is 18.0 Å². The zero-order chi connectivity index (χ0) is 18.5. The second-order valence-corrected chi connectivity index (χ2v) is 6.52. The summed E-state index contributed by atoms with van der Waals surface area (Å²) in [6.45, 7) is 1.85. The fraction of sp³-hybridized carbons (Fsp3) is 0.211.